The van der Waals surface area contributed by atoms with E-state index in [1.807, 2.05) is 14.1 Å². The van der Waals surface area contributed by atoms with Crippen LogP contribution in [0, 0.1) is 5.82 Å². The van der Waals surface area contributed by atoms with Crippen molar-refractivity contribution < 1.29 is 9.18 Å². The molecule has 1 amide bonds. The molecule has 1 atom stereocenters. The second-order valence-electron chi connectivity index (χ2n) is 5.27. The Hall–Kier alpha value is -1.77. The Bertz CT molecular complexity index is 511. The Balaban J connectivity index is 1.98. The number of hydrogen-bond acceptors (Lipinski definition) is 6. The maximum Gasteiger partial charge on any atom is 0.254 e. The number of halogens is 1. The van der Waals surface area contributed by atoms with Gasteiger partial charge >= 0.3 is 0 Å². The molecule has 0 aromatic carbocycles. The zero-order valence-electron chi connectivity index (χ0n) is 12.3. The van der Waals surface area contributed by atoms with Crippen LogP contribution in [0.5, 0.6) is 0 Å². The predicted molar refractivity (Wildman–Crippen MR) is 78.3 cm³/mol. The molecule has 2 rings (SSSR count). The lowest BCUT2D eigenvalue weighted by molar-refractivity contribution is 0.0877. The summed E-state index contributed by atoms with van der Waals surface area (Å²) < 4.78 is 13.9. The molecular formula is C13H21FN6O. The zero-order valence-corrected chi connectivity index (χ0v) is 12.3. The first-order chi connectivity index (χ1) is 10.0. The van der Waals surface area contributed by atoms with E-state index in [1.54, 1.807) is 0 Å². The van der Waals surface area contributed by atoms with Crippen LogP contribution in [0.4, 0.5) is 10.2 Å². The molecule has 0 radical (unpaired) electrons. The van der Waals surface area contributed by atoms with Gasteiger partial charge in [-0.05, 0) is 20.2 Å². The summed E-state index contributed by atoms with van der Waals surface area (Å²) in [6, 6.07) is 1.55. The van der Waals surface area contributed by atoms with Crippen LogP contribution in [0.15, 0.2) is 12.3 Å². The number of piperazine rings is 1. The Morgan fingerprint density at radius 3 is 3.00 bits per heavy atom. The minimum Gasteiger partial charge on any atom is -0.350 e. The summed E-state index contributed by atoms with van der Waals surface area (Å²) in [6.07, 6.45) is 1.34. The zero-order chi connectivity index (χ0) is 15.4. The van der Waals surface area contributed by atoms with Crippen LogP contribution >= 0.6 is 0 Å². The van der Waals surface area contributed by atoms with E-state index in [0.717, 1.165) is 19.6 Å². The van der Waals surface area contributed by atoms with Gasteiger partial charge in [0.25, 0.3) is 5.91 Å². The fraction of sp³-hybridized carbons (Fsp3) is 0.538. The average molecular weight is 296 g/mol. The van der Waals surface area contributed by atoms with E-state index in [9.17, 15) is 9.18 Å². The molecule has 21 heavy (non-hydrogen) atoms. The summed E-state index contributed by atoms with van der Waals surface area (Å²) in [7, 11) is 4.07. The van der Waals surface area contributed by atoms with E-state index in [-0.39, 0.29) is 17.4 Å². The molecule has 0 saturated carbocycles. The van der Waals surface area contributed by atoms with Crippen molar-refractivity contribution in [2.24, 2.45) is 5.84 Å². The molecule has 1 fully saturated rings. The number of carbonyl (C=O) groups is 1. The van der Waals surface area contributed by atoms with Gasteiger partial charge in [-0.15, -0.1) is 0 Å². The highest BCUT2D eigenvalue weighted by atomic mass is 19.1. The first-order valence-corrected chi connectivity index (χ1v) is 6.81. The number of anilines is 1. The molecule has 1 unspecified atom stereocenters. The number of nitrogens with two attached hydrogens (primary N) is 1. The van der Waals surface area contributed by atoms with E-state index in [0.29, 0.717) is 6.54 Å². The van der Waals surface area contributed by atoms with Crippen LogP contribution in [-0.2, 0) is 0 Å². The van der Waals surface area contributed by atoms with Gasteiger partial charge in [0.05, 0.1) is 5.56 Å². The quantitative estimate of drug-likeness (QED) is 0.512. The maximum absolute atomic E-state index is 13.9. The summed E-state index contributed by atoms with van der Waals surface area (Å²) in [4.78, 5) is 20.2. The lowest BCUT2D eigenvalue weighted by Crippen LogP contribution is -2.54. The van der Waals surface area contributed by atoms with Crippen molar-refractivity contribution in [1.29, 1.82) is 0 Å². The van der Waals surface area contributed by atoms with Crippen LogP contribution in [0.25, 0.3) is 0 Å². The van der Waals surface area contributed by atoms with Gasteiger partial charge < -0.3 is 15.6 Å². The van der Waals surface area contributed by atoms with E-state index in [1.165, 1.54) is 12.3 Å². The molecule has 1 aliphatic heterocycles. The number of nitrogen functional groups attached to an aromatic ring is 1. The lowest BCUT2D eigenvalue weighted by Gasteiger charge is -2.37. The Kier molecular flexibility index (Phi) is 5.05. The van der Waals surface area contributed by atoms with E-state index < -0.39 is 11.7 Å². The standard InChI is InChI=1S/C13H21FN6O/c1-19-5-6-20(2)9(8-19)7-17-13(21)10-3-4-16-12(18-15)11(10)14/h3-4,9H,5-8,15H2,1-2H3,(H,16,18)(H,17,21). The van der Waals surface area contributed by atoms with Gasteiger partial charge in [-0.3, -0.25) is 9.69 Å². The minimum atomic E-state index is -0.744. The van der Waals surface area contributed by atoms with Gasteiger partial charge in [-0.25, -0.2) is 15.2 Å². The van der Waals surface area contributed by atoms with Crippen molar-refractivity contribution in [3.8, 4) is 0 Å². The molecule has 7 nitrogen and oxygen atoms in total. The summed E-state index contributed by atoms with van der Waals surface area (Å²) in [5.74, 6) is 3.80. The maximum atomic E-state index is 13.9. The Morgan fingerprint density at radius 2 is 2.29 bits per heavy atom. The van der Waals surface area contributed by atoms with Crippen molar-refractivity contribution in [3.63, 3.8) is 0 Å². The number of carbonyl (C=O) groups excluding carboxylic acids is 1. The minimum absolute atomic E-state index is 0.0650. The van der Waals surface area contributed by atoms with Crippen LogP contribution < -0.4 is 16.6 Å². The van der Waals surface area contributed by atoms with Gasteiger partial charge in [-0.2, -0.15) is 0 Å². The molecule has 0 bridgehead atoms. The van der Waals surface area contributed by atoms with Gasteiger partial charge in [0, 0.05) is 38.4 Å². The first-order valence-electron chi connectivity index (χ1n) is 6.81. The van der Waals surface area contributed by atoms with Crippen molar-refractivity contribution >= 4 is 11.7 Å². The second-order valence-corrected chi connectivity index (χ2v) is 5.27. The van der Waals surface area contributed by atoms with Gasteiger partial charge in [0.15, 0.2) is 11.6 Å². The number of hydrogen-bond donors (Lipinski definition) is 3. The van der Waals surface area contributed by atoms with Crippen LogP contribution in [0.2, 0.25) is 0 Å². The average Bonchev–Trinajstić information content (AvgIpc) is 2.48. The summed E-state index contributed by atoms with van der Waals surface area (Å²) >= 11 is 0. The van der Waals surface area contributed by atoms with Crippen molar-refractivity contribution in [1.82, 2.24) is 20.1 Å². The van der Waals surface area contributed by atoms with Gasteiger partial charge in [0.2, 0.25) is 0 Å². The number of pyridine rings is 1. The number of nitrogens with zero attached hydrogens (tertiary/aromatic N) is 3. The monoisotopic (exact) mass is 296 g/mol. The molecule has 116 valence electrons. The highest BCUT2D eigenvalue weighted by molar-refractivity contribution is 5.95. The molecule has 1 aromatic heterocycles. The van der Waals surface area contributed by atoms with E-state index in [4.69, 9.17) is 5.84 Å². The number of hydrazine groups is 1. The highest BCUT2D eigenvalue weighted by Gasteiger charge is 2.23. The van der Waals surface area contributed by atoms with Crippen LogP contribution in [0.3, 0.4) is 0 Å². The third-order valence-electron chi connectivity index (χ3n) is 3.75. The summed E-state index contributed by atoms with van der Waals surface area (Å²) in [5.41, 5.74) is 2.06. The normalized spacial score (nSPS) is 20.3. The summed E-state index contributed by atoms with van der Waals surface area (Å²) in [6.45, 7) is 3.28. The number of aromatic nitrogens is 1. The number of likely N-dealkylation sites (N-methyl/N-ethyl adjacent to an activating group) is 2. The highest BCUT2D eigenvalue weighted by Crippen LogP contribution is 2.14. The molecule has 0 aliphatic carbocycles. The van der Waals surface area contributed by atoms with Crippen molar-refractivity contribution in [2.75, 3.05) is 45.7 Å². The third-order valence-corrected chi connectivity index (χ3v) is 3.75. The third kappa shape index (κ3) is 3.66. The molecular weight excluding hydrogens is 275 g/mol. The number of nitrogens with one attached hydrogen (secondary N) is 2. The Morgan fingerprint density at radius 1 is 1.52 bits per heavy atom. The fourth-order valence-corrected chi connectivity index (χ4v) is 2.35. The van der Waals surface area contributed by atoms with Crippen molar-refractivity contribution in [2.45, 2.75) is 6.04 Å². The van der Waals surface area contributed by atoms with Crippen LogP contribution in [0.1, 0.15) is 10.4 Å². The molecule has 0 spiro atoms. The lowest BCUT2D eigenvalue weighted by atomic mass is 10.1. The number of rotatable bonds is 4. The first kappa shape index (κ1) is 15.6. The molecule has 2 heterocycles. The summed E-state index contributed by atoms with van der Waals surface area (Å²) in [5, 5.41) is 2.77. The van der Waals surface area contributed by atoms with Crippen LogP contribution in [-0.4, -0.2) is 67.0 Å². The molecule has 1 saturated heterocycles. The molecule has 4 N–H and O–H groups in total. The van der Waals surface area contributed by atoms with E-state index in [2.05, 4.69) is 25.5 Å². The van der Waals surface area contributed by atoms with E-state index >= 15 is 0 Å². The molecule has 1 aromatic rings. The fourth-order valence-electron chi connectivity index (χ4n) is 2.35. The molecule has 1 aliphatic rings. The topological polar surface area (TPSA) is 86.5 Å². The largest absolute Gasteiger partial charge is 0.350 e. The molecule has 8 heteroatoms. The van der Waals surface area contributed by atoms with Gasteiger partial charge in [-0.1, -0.05) is 0 Å². The van der Waals surface area contributed by atoms with Gasteiger partial charge in [0.1, 0.15) is 0 Å². The SMILES string of the molecule is CN1CCN(C)C(CNC(=O)c2ccnc(NN)c2F)C1. The second kappa shape index (κ2) is 6.79. The predicted octanol–water partition coefficient (Wildman–Crippen LogP) is -0.518. The number of amides is 1. The van der Waals surface area contributed by atoms with Crippen molar-refractivity contribution in [3.05, 3.63) is 23.6 Å². The smallest absolute Gasteiger partial charge is 0.254 e. The Labute approximate surface area is 123 Å².